The molecule has 1 saturated carbocycles. The summed E-state index contributed by atoms with van der Waals surface area (Å²) in [6.45, 7) is 3.40. The second-order valence-electron chi connectivity index (χ2n) is 10.3. The van der Waals surface area contributed by atoms with Crippen LogP contribution < -0.4 is 15.5 Å². The van der Waals surface area contributed by atoms with Crippen molar-refractivity contribution < 1.29 is 23.2 Å². The largest absolute Gasteiger partial charge is 0.362 e. The maximum Gasteiger partial charge on any atom is 0.331 e. The fourth-order valence-corrected chi connectivity index (χ4v) is 4.87. The van der Waals surface area contributed by atoms with Crippen molar-refractivity contribution >= 4 is 40.8 Å². The number of imide groups is 1. The van der Waals surface area contributed by atoms with E-state index in [1.54, 1.807) is 31.5 Å². The van der Waals surface area contributed by atoms with Gasteiger partial charge in [-0.1, -0.05) is 0 Å². The molecule has 0 aromatic carbocycles. The van der Waals surface area contributed by atoms with E-state index in [4.69, 9.17) is 0 Å². The monoisotopic (exact) mass is 576 g/mol. The van der Waals surface area contributed by atoms with Crippen LogP contribution in [0, 0.1) is 12.8 Å². The first-order valence-corrected chi connectivity index (χ1v) is 13.2. The van der Waals surface area contributed by atoms with E-state index < -0.39 is 24.4 Å². The van der Waals surface area contributed by atoms with Crippen LogP contribution in [0.1, 0.15) is 54.5 Å². The van der Waals surface area contributed by atoms with Gasteiger partial charge in [0.25, 0.3) is 6.43 Å². The normalized spacial score (nSPS) is 19.1. The van der Waals surface area contributed by atoms with Gasteiger partial charge in [0.2, 0.25) is 11.8 Å². The Hall–Kier alpha value is -5.08. The number of pyridine rings is 1. The number of alkyl halides is 2. The van der Waals surface area contributed by atoms with Crippen LogP contribution in [0.2, 0.25) is 0 Å². The fourth-order valence-electron chi connectivity index (χ4n) is 4.87. The van der Waals surface area contributed by atoms with E-state index in [0.717, 1.165) is 15.5 Å². The lowest BCUT2D eigenvalue weighted by atomic mass is 10.2. The second-order valence-corrected chi connectivity index (χ2v) is 10.3. The Bertz CT molecular complexity index is 1730. The molecule has 2 N–H and O–H groups in total. The zero-order valence-corrected chi connectivity index (χ0v) is 22.8. The van der Waals surface area contributed by atoms with Gasteiger partial charge in [-0.25, -0.2) is 38.5 Å². The number of anilines is 3. The third-order valence-corrected chi connectivity index (χ3v) is 7.30. The van der Waals surface area contributed by atoms with Crippen molar-refractivity contribution in [2.45, 2.75) is 38.7 Å². The Kier molecular flexibility index (Phi) is 6.71. The summed E-state index contributed by atoms with van der Waals surface area (Å²) in [7, 11) is 1.34. The van der Waals surface area contributed by atoms with E-state index in [0.29, 0.717) is 29.6 Å². The predicted octanol–water partition coefficient (Wildman–Crippen LogP) is 3.47. The Morgan fingerprint density at radius 3 is 2.60 bits per heavy atom. The smallest absolute Gasteiger partial charge is 0.331 e. The van der Waals surface area contributed by atoms with E-state index in [1.807, 2.05) is 6.92 Å². The van der Waals surface area contributed by atoms with Gasteiger partial charge in [0.05, 0.1) is 17.4 Å². The lowest BCUT2D eigenvalue weighted by Crippen LogP contribution is -2.30. The number of halogens is 2. The highest BCUT2D eigenvalue weighted by Crippen LogP contribution is 2.46. The number of carbonyl (C=O) groups is 3. The zero-order valence-electron chi connectivity index (χ0n) is 22.8. The topological polar surface area (TPSA) is 151 Å². The third kappa shape index (κ3) is 5.08. The number of likely N-dealkylation sites (N-methyl/N-ethyl adjacent to an activating group) is 1. The number of urea groups is 1. The van der Waals surface area contributed by atoms with Crippen LogP contribution in [-0.2, 0) is 9.59 Å². The van der Waals surface area contributed by atoms with Crippen molar-refractivity contribution in [1.29, 1.82) is 0 Å². The lowest BCUT2D eigenvalue weighted by Gasteiger charge is -2.17. The van der Waals surface area contributed by atoms with Crippen molar-refractivity contribution in [2.75, 3.05) is 29.1 Å². The molecule has 0 bridgehead atoms. The first kappa shape index (κ1) is 27.1. The SMILES string of the molecule is Cc1ccnc(C2CC2C(=O)Nc2cc(N[C@H](C)c3cn4cc(C(F)F)cc(N5CC(=O)N(C)C5=O)c4n3)ncn2)n1. The number of hydrogen-bond acceptors (Lipinski definition) is 9. The molecule has 4 aromatic heterocycles. The minimum absolute atomic E-state index is 0.0377. The highest BCUT2D eigenvalue weighted by Gasteiger charge is 2.46. The number of nitrogens with zero attached hydrogens (tertiary/aromatic N) is 8. The molecule has 1 saturated heterocycles. The van der Waals surface area contributed by atoms with Gasteiger partial charge in [0, 0.05) is 54.8 Å². The number of rotatable bonds is 8. The number of aryl methyl sites for hydroxylation is 1. The number of fused-ring (bicyclic) bond motifs is 1. The van der Waals surface area contributed by atoms with Crippen LogP contribution in [0.25, 0.3) is 5.65 Å². The summed E-state index contributed by atoms with van der Waals surface area (Å²) in [6.07, 6.45) is 3.65. The van der Waals surface area contributed by atoms with Crippen molar-refractivity contribution in [2.24, 2.45) is 5.92 Å². The maximum absolute atomic E-state index is 13.7. The van der Waals surface area contributed by atoms with Gasteiger partial charge in [-0.15, -0.1) is 0 Å². The third-order valence-electron chi connectivity index (χ3n) is 7.30. The minimum Gasteiger partial charge on any atom is -0.362 e. The molecule has 0 radical (unpaired) electrons. The maximum atomic E-state index is 13.7. The van der Waals surface area contributed by atoms with E-state index in [2.05, 4.69) is 35.6 Å². The first-order chi connectivity index (χ1) is 20.1. The van der Waals surface area contributed by atoms with E-state index in [-0.39, 0.29) is 41.2 Å². The van der Waals surface area contributed by atoms with Crippen LogP contribution in [0.15, 0.2) is 43.1 Å². The van der Waals surface area contributed by atoms with Crippen molar-refractivity contribution in [1.82, 2.24) is 34.2 Å². The van der Waals surface area contributed by atoms with Gasteiger partial charge in [-0.2, -0.15) is 0 Å². The quantitative estimate of drug-likeness (QED) is 0.301. The zero-order chi connectivity index (χ0) is 29.7. The molecule has 15 heteroatoms. The average molecular weight is 577 g/mol. The number of hydrogen-bond donors (Lipinski definition) is 2. The van der Waals surface area contributed by atoms with E-state index in [9.17, 15) is 23.2 Å². The molecule has 2 aliphatic rings. The number of carbonyl (C=O) groups excluding carboxylic acids is 3. The minimum atomic E-state index is -2.80. The summed E-state index contributed by atoms with van der Waals surface area (Å²) in [5.74, 6) is 0.429. The Morgan fingerprint density at radius 1 is 1.10 bits per heavy atom. The summed E-state index contributed by atoms with van der Waals surface area (Å²) in [5, 5.41) is 5.99. The molecule has 2 unspecified atom stereocenters. The molecule has 42 heavy (non-hydrogen) atoms. The van der Waals surface area contributed by atoms with Crippen LogP contribution in [0.3, 0.4) is 0 Å². The van der Waals surface area contributed by atoms with E-state index >= 15 is 0 Å². The van der Waals surface area contributed by atoms with Gasteiger partial charge in [0.15, 0.2) is 5.65 Å². The number of aromatic nitrogens is 6. The second kappa shape index (κ2) is 10.4. The van der Waals surface area contributed by atoms with Crippen molar-refractivity contribution in [3.8, 4) is 0 Å². The molecular formula is C27H26F2N10O3. The van der Waals surface area contributed by atoms with Gasteiger partial charge < -0.3 is 15.0 Å². The number of imidazole rings is 1. The van der Waals surface area contributed by atoms with Crippen LogP contribution >= 0.6 is 0 Å². The summed E-state index contributed by atoms with van der Waals surface area (Å²) in [6, 6.07) is 3.47. The lowest BCUT2D eigenvalue weighted by molar-refractivity contribution is -0.124. The van der Waals surface area contributed by atoms with Crippen molar-refractivity contribution in [3.05, 3.63) is 65.9 Å². The predicted molar refractivity (Wildman–Crippen MR) is 146 cm³/mol. The molecule has 5 heterocycles. The Labute approximate surface area is 238 Å². The van der Waals surface area contributed by atoms with Gasteiger partial charge in [0.1, 0.15) is 30.3 Å². The first-order valence-electron chi connectivity index (χ1n) is 13.2. The molecule has 2 fully saturated rings. The van der Waals surface area contributed by atoms with Crippen molar-refractivity contribution in [3.63, 3.8) is 0 Å². The van der Waals surface area contributed by atoms with Gasteiger partial charge >= 0.3 is 6.03 Å². The van der Waals surface area contributed by atoms with Gasteiger partial charge in [-0.3, -0.25) is 19.4 Å². The molecule has 4 amide bonds. The Morgan fingerprint density at radius 2 is 1.88 bits per heavy atom. The fraction of sp³-hybridized carbons (Fsp3) is 0.333. The molecule has 1 aliphatic carbocycles. The number of amides is 4. The molecule has 4 aromatic rings. The molecule has 3 atom stereocenters. The molecular weight excluding hydrogens is 550 g/mol. The molecule has 0 spiro atoms. The summed E-state index contributed by atoms with van der Waals surface area (Å²) in [5.41, 5.74) is 1.34. The summed E-state index contributed by atoms with van der Waals surface area (Å²) < 4.78 is 28.8. The molecule has 1 aliphatic heterocycles. The highest BCUT2D eigenvalue weighted by molar-refractivity contribution is 6.13. The average Bonchev–Trinajstić information content (AvgIpc) is 3.58. The summed E-state index contributed by atoms with van der Waals surface area (Å²) in [4.78, 5) is 61.2. The van der Waals surface area contributed by atoms with Crippen LogP contribution in [0.4, 0.5) is 30.9 Å². The van der Waals surface area contributed by atoms with Gasteiger partial charge in [-0.05, 0) is 32.4 Å². The van der Waals surface area contributed by atoms with Crippen LogP contribution in [-0.4, -0.2) is 65.7 Å². The summed E-state index contributed by atoms with van der Waals surface area (Å²) >= 11 is 0. The van der Waals surface area contributed by atoms with E-state index in [1.165, 1.54) is 30.0 Å². The van der Waals surface area contributed by atoms with Crippen LogP contribution in [0.5, 0.6) is 0 Å². The molecule has 13 nitrogen and oxygen atoms in total. The molecule has 6 rings (SSSR count). The standard InChI is InChI=1S/C27H26F2N10O3/c1-13-4-5-30-24(33-13)16-7-17(16)26(41)36-21-8-20(31-12-32-21)34-14(2)18-10-38-9-15(23(28)29)6-19(25(38)35-18)39-11-22(40)37(3)27(39)42/h4-6,8-10,12,14,16-17,23H,7,11H2,1-3H3,(H2,31,32,34,36,41)/t14-,16?,17?/m1/s1. The number of nitrogens with one attached hydrogen (secondary N) is 2. The highest BCUT2D eigenvalue weighted by atomic mass is 19.3. The Balaban J connectivity index is 1.19. The molecule has 216 valence electrons.